The number of carbonyl (C=O) groups is 2. The largest absolute Gasteiger partial charge is 0.496 e. The molecule has 7 nitrogen and oxygen atoms in total. The standard InChI is InChI=1S/C26H33O7P/c1-16(15-25(2,3)4)26(34-29,23(27)21-17(30-5)11-9-12-18(21)31-6)24(28)22-19(32-7)13-10-14-20(22)33-8/h9-14,16H,15H2,1-8H3/p+1. The highest BCUT2D eigenvalue weighted by Crippen LogP contribution is 2.48. The van der Waals surface area contributed by atoms with E-state index in [0.717, 1.165) is 0 Å². The fraction of sp³-hybridized carbons (Fsp3) is 0.462. The normalized spacial score (nSPS) is 12.7. The van der Waals surface area contributed by atoms with Gasteiger partial charge in [-0.3, -0.25) is 9.59 Å². The van der Waals surface area contributed by atoms with Crippen LogP contribution in [0.15, 0.2) is 36.4 Å². The molecule has 2 aromatic rings. The van der Waals surface area contributed by atoms with Gasteiger partial charge in [-0.2, -0.15) is 0 Å². The number of benzene rings is 2. The molecule has 0 saturated heterocycles. The van der Waals surface area contributed by atoms with Gasteiger partial charge >= 0.3 is 8.46 Å². The average molecular weight is 490 g/mol. The smallest absolute Gasteiger partial charge is 0.348 e. The van der Waals surface area contributed by atoms with E-state index in [-0.39, 0.29) is 39.5 Å². The van der Waals surface area contributed by atoms with Crippen molar-refractivity contribution in [3.8, 4) is 23.0 Å². The molecule has 34 heavy (non-hydrogen) atoms. The molecular weight excluding hydrogens is 455 g/mol. The number of ketones is 2. The fourth-order valence-electron chi connectivity index (χ4n) is 4.36. The van der Waals surface area contributed by atoms with Crippen LogP contribution in [0.4, 0.5) is 0 Å². The summed E-state index contributed by atoms with van der Waals surface area (Å²) in [4.78, 5) is 28.7. The molecule has 0 radical (unpaired) electrons. The van der Waals surface area contributed by atoms with Gasteiger partial charge in [0, 0.05) is 5.92 Å². The molecule has 0 aliphatic rings. The molecule has 0 fully saturated rings. The third kappa shape index (κ3) is 5.10. The average Bonchev–Trinajstić information content (AvgIpc) is 2.81. The molecule has 2 aromatic carbocycles. The lowest BCUT2D eigenvalue weighted by atomic mass is 9.73. The third-order valence-corrected chi connectivity index (χ3v) is 7.11. The van der Waals surface area contributed by atoms with E-state index in [4.69, 9.17) is 18.9 Å². The highest BCUT2D eigenvalue weighted by molar-refractivity contribution is 7.30. The Bertz CT molecular complexity index is 944. The number of carbonyl (C=O) groups excluding carboxylic acids is 2. The SMILES string of the molecule is COc1cccc(OC)c1C(=O)C([PH+]=O)(C(=O)c1c(OC)cccc1OC)C(C)CC(C)(C)C. The quantitative estimate of drug-likeness (QED) is 0.230. The lowest BCUT2D eigenvalue weighted by molar-refractivity contribution is 0.0764. The molecule has 2 rings (SSSR count). The van der Waals surface area contributed by atoms with Crippen LogP contribution >= 0.6 is 8.46 Å². The van der Waals surface area contributed by atoms with Crippen molar-refractivity contribution in [3.63, 3.8) is 0 Å². The minimum absolute atomic E-state index is 0.0684. The maximum atomic E-state index is 14.3. The number of Topliss-reactive ketones (excluding diaryl/α,β-unsaturated/α-hetero) is 2. The van der Waals surface area contributed by atoms with Crippen molar-refractivity contribution in [2.75, 3.05) is 28.4 Å². The molecule has 0 aliphatic carbocycles. The summed E-state index contributed by atoms with van der Waals surface area (Å²) in [5, 5.41) is -1.93. The Kier molecular flexibility index (Phi) is 8.84. The Hall–Kier alpha value is -2.92. The Morgan fingerprint density at radius 2 is 1.09 bits per heavy atom. The third-order valence-electron chi connectivity index (χ3n) is 5.84. The molecule has 0 amide bonds. The lowest BCUT2D eigenvalue weighted by Gasteiger charge is -2.31. The summed E-state index contributed by atoms with van der Waals surface area (Å²) in [6, 6.07) is 9.79. The van der Waals surface area contributed by atoms with Crippen LogP contribution in [0, 0.1) is 11.3 Å². The minimum atomic E-state index is -1.93. The van der Waals surface area contributed by atoms with Gasteiger partial charge in [0.25, 0.3) is 5.16 Å². The van der Waals surface area contributed by atoms with Crippen LogP contribution in [0.3, 0.4) is 0 Å². The van der Waals surface area contributed by atoms with Crippen molar-refractivity contribution in [3.05, 3.63) is 47.5 Å². The van der Waals surface area contributed by atoms with E-state index in [1.165, 1.54) is 28.4 Å². The first-order valence-corrected chi connectivity index (χ1v) is 11.8. The topological polar surface area (TPSA) is 88.1 Å². The van der Waals surface area contributed by atoms with Crippen molar-refractivity contribution >= 4 is 20.0 Å². The molecule has 8 heteroatoms. The van der Waals surface area contributed by atoms with Crippen LogP contribution in [0.5, 0.6) is 23.0 Å². The number of methoxy groups -OCH3 is 4. The van der Waals surface area contributed by atoms with Crippen LogP contribution in [0.25, 0.3) is 0 Å². The molecule has 0 saturated carbocycles. The van der Waals surface area contributed by atoms with Crippen LogP contribution in [0.2, 0.25) is 0 Å². The summed E-state index contributed by atoms with van der Waals surface area (Å²) in [7, 11) is 4.42. The van der Waals surface area contributed by atoms with Gasteiger partial charge in [-0.15, -0.1) is 0 Å². The van der Waals surface area contributed by atoms with Crippen LogP contribution in [-0.2, 0) is 4.57 Å². The van der Waals surface area contributed by atoms with Crippen molar-refractivity contribution in [2.45, 2.75) is 39.3 Å². The van der Waals surface area contributed by atoms with Gasteiger partial charge in [-0.1, -0.05) is 44.4 Å². The van der Waals surface area contributed by atoms with E-state index in [1.54, 1.807) is 43.3 Å². The van der Waals surface area contributed by atoms with E-state index in [1.807, 2.05) is 20.8 Å². The summed E-state index contributed by atoms with van der Waals surface area (Å²) in [6.07, 6.45) is 0.453. The number of ether oxygens (including phenoxy) is 4. The van der Waals surface area contributed by atoms with Gasteiger partial charge in [-0.05, 0) is 36.1 Å². The van der Waals surface area contributed by atoms with Crippen molar-refractivity contribution in [1.29, 1.82) is 0 Å². The van der Waals surface area contributed by atoms with E-state index < -0.39 is 31.1 Å². The van der Waals surface area contributed by atoms with E-state index >= 15 is 0 Å². The molecule has 0 heterocycles. The predicted octanol–water partition coefficient (Wildman–Crippen LogP) is 5.62. The lowest BCUT2D eigenvalue weighted by Crippen LogP contribution is -2.48. The molecule has 2 unspecified atom stereocenters. The Morgan fingerprint density at radius 1 is 0.765 bits per heavy atom. The van der Waals surface area contributed by atoms with Gasteiger partial charge in [0.05, 0.1) is 28.4 Å². The van der Waals surface area contributed by atoms with Gasteiger partial charge in [-0.25, -0.2) is 0 Å². The molecule has 0 bridgehead atoms. The zero-order chi connectivity index (χ0) is 25.7. The maximum absolute atomic E-state index is 14.3. The highest BCUT2D eigenvalue weighted by atomic mass is 31.1. The first-order chi connectivity index (χ1) is 16.0. The fourth-order valence-corrected chi connectivity index (χ4v) is 5.10. The number of rotatable bonds is 11. The molecule has 0 aliphatic heterocycles. The van der Waals surface area contributed by atoms with Crippen LogP contribution < -0.4 is 18.9 Å². The van der Waals surface area contributed by atoms with Crippen LogP contribution in [-0.4, -0.2) is 45.2 Å². The first-order valence-electron chi connectivity index (χ1n) is 10.9. The summed E-state index contributed by atoms with van der Waals surface area (Å²) in [5.74, 6) is -0.948. The molecule has 2 atom stereocenters. The second-order valence-electron chi connectivity index (χ2n) is 9.31. The Labute approximate surface area is 202 Å². The number of hydrogen-bond acceptors (Lipinski definition) is 7. The zero-order valence-electron chi connectivity index (χ0n) is 21.1. The first kappa shape index (κ1) is 27.3. The van der Waals surface area contributed by atoms with Crippen molar-refractivity contribution in [1.82, 2.24) is 0 Å². The summed E-state index contributed by atoms with van der Waals surface area (Å²) >= 11 is 0. The Morgan fingerprint density at radius 3 is 1.32 bits per heavy atom. The molecule has 184 valence electrons. The highest BCUT2D eigenvalue weighted by Gasteiger charge is 2.61. The second kappa shape index (κ2) is 11.0. The van der Waals surface area contributed by atoms with Crippen LogP contribution in [0.1, 0.15) is 54.8 Å². The van der Waals surface area contributed by atoms with E-state index in [2.05, 4.69) is 0 Å². The van der Waals surface area contributed by atoms with Gasteiger partial charge in [0.1, 0.15) is 34.1 Å². The molecule has 0 spiro atoms. The molecule has 0 aromatic heterocycles. The zero-order valence-corrected chi connectivity index (χ0v) is 22.1. The van der Waals surface area contributed by atoms with E-state index in [0.29, 0.717) is 6.42 Å². The summed E-state index contributed by atoms with van der Waals surface area (Å²) < 4.78 is 34.9. The van der Waals surface area contributed by atoms with Crippen molar-refractivity contribution < 1.29 is 33.1 Å². The van der Waals surface area contributed by atoms with Gasteiger partial charge in [0.2, 0.25) is 11.6 Å². The second-order valence-corrected chi connectivity index (χ2v) is 10.3. The van der Waals surface area contributed by atoms with Gasteiger partial charge < -0.3 is 18.9 Å². The molecular formula is C26H34O7P+. The molecule has 0 N–H and O–H groups in total. The monoisotopic (exact) mass is 489 g/mol. The summed E-state index contributed by atoms with van der Waals surface area (Å²) in [5.41, 5.74) is -0.113. The predicted molar refractivity (Wildman–Crippen MR) is 133 cm³/mol. The van der Waals surface area contributed by atoms with E-state index in [9.17, 15) is 14.2 Å². The minimum Gasteiger partial charge on any atom is -0.496 e. The summed E-state index contributed by atoms with van der Waals surface area (Å²) in [6.45, 7) is 7.79. The number of hydrogen-bond donors (Lipinski definition) is 0. The van der Waals surface area contributed by atoms with Gasteiger partial charge in [0.15, 0.2) is 0 Å². The maximum Gasteiger partial charge on any atom is 0.348 e. The van der Waals surface area contributed by atoms with Crippen molar-refractivity contribution in [2.24, 2.45) is 11.3 Å². The Balaban J connectivity index is 2.92.